The molecule has 7 nitrogen and oxygen atoms in total. The maximum Gasteiger partial charge on any atom is 0.311 e. The van der Waals surface area contributed by atoms with Crippen molar-refractivity contribution in [2.24, 2.45) is 0 Å². The molecule has 0 aliphatic carbocycles. The van der Waals surface area contributed by atoms with Crippen LogP contribution in [-0.2, 0) is 20.8 Å². The Morgan fingerprint density at radius 3 is 1.69 bits per heavy atom. The third kappa shape index (κ3) is 15.3. The van der Waals surface area contributed by atoms with Crippen LogP contribution in [0.25, 0.3) is 0 Å². The van der Waals surface area contributed by atoms with Crippen molar-refractivity contribution in [2.75, 3.05) is 0 Å². The SMILES string of the molecule is CCCCCCCCCCCC(=O)Oc1ccc2c(c1)OC(c1ccc(OC(C)=O)cc1OC(=O)CCCCCCCCCCC)CC2. The molecular formula is C41H60O7. The number of esters is 3. The number of ether oxygens (including phenoxy) is 4. The minimum Gasteiger partial charge on any atom is -0.485 e. The van der Waals surface area contributed by atoms with Gasteiger partial charge in [0, 0.05) is 37.5 Å². The van der Waals surface area contributed by atoms with Gasteiger partial charge in [0.1, 0.15) is 29.1 Å². The second-order valence-electron chi connectivity index (χ2n) is 13.3. The van der Waals surface area contributed by atoms with Gasteiger partial charge in [-0.2, -0.15) is 0 Å². The molecule has 0 spiro atoms. The molecule has 1 aliphatic rings. The van der Waals surface area contributed by atoms with Crippen molar-refractivity contribution < 1.29 is 33.3 Å². The molecule has 1 heterocycles. The fourth-order valence-electron chi connectivity index (χ4n) is 6.25. The first kappa shape index (κ1) is 39.1. The van der Waals surface area contributed by atoms with Gasteiger partial charge in [-0.15, -0.1) is 0 Å². The van der Waals surface area contributed by atoms with Gasteiger partial charge in [-0.3, -0.25) is 14.4 Å². The molecule has 0 N–H and O–H groups in total. The van der Waals surface area contributed by atoms with Crippen LogP contribution in [0.2, 0.25) is 0 Å². The lowest BCUT2D eigenvalue weighted by Crippen LogP contribution is -2.18. The first-order chi connectivity index (χ1) is 23.4. The van der Waals surface area contributed by atoms with Crippen molar-refractivity contribution in [1.29, 1.82) is 0 Å². The van der Waals surface area contributed by atoms with E-state index in [4.69, 9.17) is 18.9 Å². The number of fused-ring (bicyclic) bond motifs is 1. The maximum absolute atomic E-state index is 12.9. The molecule has 3 rings (SSSR count). The topological polar surface area (TPSA) is 88.1 Å². The molecule has 0 radical (unpaired) electrons. The third-order valence-corrected chi connectivity index (χ3v) is 9.00. The van der Waals surface area contributed by atoms with Gasteiger partial charge in [-0.25, -0.2) is 0 Å². The highest BCUT2D eigenvalue weighted by atomic mass is 16.6. The Morgan fingerprint density at radius 1 is 0.625 bits per heavy atom. The highest BCUT2D eigenvalue weighted by Crippen LogP contribution is 2.41. The summed E-state index contributed by atoms with van der Waals surface area (Å²) in [6.07, 6.45) is 23.1. The molecule has 7 heteroatoms. The van der Waals surface area contributed by atoms with Crippen LogP contribution < -0.4 is 18.9 Å². The zero-order valence-electron chi connectivity index (χ0n) is 30.0. The number of carbonyl (C=O) groups is 3. The Kier molecular flexibility index (Phi) is 18.8. The van der Waals surface area contributed by atoms with E-state index in [2.05, 4.69) is 13.8 Å². The Labute approximate surface area is 289 Å². The molecular weight excluding hydrogens is 604 g/mol. The number of hydrogen-bond donors (Lipinski definition) is 0. The van der Waals surface area contributed by atoms with Gasteiger partial charge >= 0.3 is 17.9 Å². The van der Waals surface area contributed by atoms with E-state index in [1.165, 1.54) is 84.0 Å². The molecule has 1 atom stereocenters. The summed E-state index contributed by atoms with van der Waals surface area (Å²) in [5.41, 5.74) is 1.75. The van der Waals surface area contributed by atoms with Gasteiger partial charge in [0.25, 0.3) is 0 Å². The van der Waals surface area contributed by atoms with Gasteiger partial charge in [0.2, 0.25) is 0 Å². The molecule has 1 unspecified atom stereocenters. The smallest absolute Gasteiger partial charge is 0.311 e. The zero-order chi connectivity index (χ0) is 34.4. The summed E-state index contributed by atoms with van der Waals surface area (Å²) < 4.78 is 23.2. The lowest BCUT2D eigenvalue weighted by molar-refractivity contribution is -0.135. The van der Waals surface area contributed by atoms with Crippen LogP contribution in [-0.4, -0.2) is 17.9 Å². The molecule has 0 fully saturated rings. The minimum absolute atomic E-state index is 0.229. The highest BCUT2D eigenvalue weighted by Gasteiger charge is 2.26. The molecule has 0 aromatic heterocycles. The monoisotopic (exact) mass is 664 g/mol. The van der Waals surface area contributed by atoms with Crippen molar-refractivity contribution >= 4 is 17.9 Å². The Hall–Kier alpha value is -3.35. The number of carbonyl (C=O) groups excluding carboxylic acids is 3. The fourth-order valence-corrected chi connectivity index (χ4v) is 6.25. The van der Waals surface area contributed by atoms with Crippen molar-refractivity contribution in [3.8, 4) is 23.0 Å². The quantitative estimate of drug-likeness (QED) is 0.0627. The summed E-state index contributed by atoms with van der Waals surface area (Å²) >= 11 is 0. The first-order valence-corrected chi connectivity index (χ1v) is 18.9. The summed E-state index contributed by atoms with van der Waals surface area (Å²) in [6, 6.07) is 10.6. The standard InChI is InChI=1S/C41H60O7/c1-4-6-8-10-12-14-16-18-20-22-40(43)46-35-26-24-33-25-29-37(47-38(33)30-35)36-28-27-34(45-32(3)42)31-39(36)48-41(44)23-21-19-17-15-13-11-9-7-5-2/h24,26-28,30-31,37H,4-23,25,29H2,1-3H3. The molecule has 2 aromatic carbocycles. The van der Waals surface area contributed by atoms with Crippen LogP contribution in [0, 0.1) is 0 Å². The number of unbranched alkanes of at least 4 members (excludes halogenated alkanes) is 16. The van der Waals surface area contributed by atoms with E-state index in [1.54, 1.807) is 24.3 Å². The number of aryl methyl sites for hydroxylation is 1. The molecule has 266 valence electrons. The largest absolute Gasteiger partial charge is 0.485 e. The van der Waals surface area contributed by atoms with Crippen LogP contribution in [0.5, 0.6) is 23.0 Å². The minimum atomic E-state index is -0.447. The average Bonchev–Trinajstić information content (AvgIpc) is 3.06. The van der Waals surface area contributed by atoms with E-state index in [0.717, 1.165) is 50.5 Å². The maximum atomic E-state index is 12.9. The number of hydrogen-bond acceptors (Lipinski definition) is 7. The zero-order valence-corrected chi connectivity index (χ0v) is 30.0. The lowest BCUT2D eigenvalue weighted by atomic mass is 9.96. The van der Waals surface area contributed by atoms with E-state index in [0.29, 0.717) is 47.8 Å². The molecule has 0 saturated heterocycles. The van der Waals surface area contributed by atoms with Crippen LogP contribution >= 0.6 is 0 Å². The average molecular weight is 665 g/mol. The Bertz CT molecular complexity index is 1250. The van der Waals surface area contributed by atoms with E-state index >= 15 is 0 Å². The third-order valence-electron chi connectivity index (χ3n) is 9.00. The second-order valence-corrected chi connectivity index (χ2v) is 13.3. The van der Waals surface area contributed by atoms with Crippen molar-refractivity contribution in [1.82, 2.24) is 0 Å². The predicted octanol–water partition coefficient (Wildman–Crippen LogP) is 11.3. The van der Waals surface area contributed by atoms with Crippen LogP contribution in [0.4, 0.5) is 0 Å². The number of rotatable bonds is 24. The summed E-state index contributed by atoms with van der Waals surface area (Å²) in [5.74, 6) is 0.784. The lowest BCUT2D eigenvalue weighted by Gasteiger charge is -2.28. The molecule has 0 bridgehead atoms. The first-order valence-electron chi connectivity index (χ1n) is 18.9. The van der Waals surface area contributed by atoms with Crippen molar-refractivity contribution in [2.45, 2.75) is 168 Å². The van der Waals surface area contributed by atoms with Crippen molar-refractivity contribution in [3.63, 3.8) is 0 Å². The summed E-state index contributed by atoms with van der Waals surface area (Å²) in [7, 11) is 0. The van der Waals surface area contributed by atoms with Crippen molar-refractivity contribution in [3.05, 3.63) is 47.5 Å². The van der Waals surface area contributed by atoms with Gasteiger partial charge in [-0.1, -0.05) is 123 Å². The van der Waals surface area contributed by atoms with E-state index < -0.39 is 5.97 Å². The molecule has 1 aliphatic heterocycles. The summed E-state index contributed by atoms with van der Waals surface area (Å²) in [5, 5.41) is 0. The summed E-state index contributed by atoms with van der Waals surface area (Å²) in [6.45, 7) is 5.80. The van der Waals surface area contributed by atoms with Crippen LogP contribution in [0.15, 0.2) is 36.4 Å². The van der Waals surface area contributed by atoms with E-state index in [9.17, 15) is 14.4 Å². The van der Waals surface area contributed by atoms with Gasteiger partial charge in [0.15, 0.2) is 0 Å². The second kappa shape index (κ2) is 23.1. The van der Waals surface area contributed by atoms with E-state index in [1.807, 2.05) is 12.1 Å². The van der Waals surface area contributed by atoms with E-state index in [-0.39, 0.29) is 18.0 Å². The van der Waals surface area contributed by atoms with Crippen LogP contribution in [0.3, 0.4) is 0 Å². The van der Waals surface area contributed by atoms with Gasteiger partial charge in [-0.05, 0) is 49.4 Å². The van der Waals surface area contributed by atoms with Crippen LogP contribution in [0.1, 0.15) is 173 Å². The normalized spacial score (nSPS) is 13.8. The Balaban J connectivity index is 1.52. The van der Waals surface area contributed by atoms with Gasteiger partial charge in [0.05, 0.1) is 0 Å². The fraction of sp³-hybridized carbons (Fsp3) is 0.634. The predicted molar refractivity (Wildman–Crippen MR) is 191 cm³/mol. The molecule has 0 saturated carbocycles. The number of benzene rings is 2. The highest BCUT2D eigenvalue weighted by molar-refractivity contribution is 5.74. The Morgan fingerprint density at radius 2 is 1.12 bits per heavy atom. The summed E-state index contributed by atoms with van der Waals surface area (Å²) in [4.78, 5) is 37.1. The molecule has 48 heavy (non-hydrogen) atoms. The van der Waals surface area contributed by atoms with Gasteiger partial charge < -0.3 is 18.9 Å². The molecule has 0 amide bonds. The molecule has 2 aromatic rings.